The van der Waals surface area contributed by atoms with Crippen molar-refractivity contribution in [3.8, 4) is 11.6 Å². The predicted molar refractivity (Wildman–Crippen MR) is 116 cm³/mol. The molecule has 0 fully saturated rings. The number of thiophene rings is 1. The molecule has 3 aromatic heterocycles. The highest BCUT2D eigenvalue weighted by Gasteiger charge is 2.15. The highest BCUT2D eigenvalue weighted by atomic mass is 32.1. The molecule has 148 valence electrons. The van der Waals surface area contributed by atoms with Crippen LogP contribution in [0.1, 0.15) is 16.0 Å². The van der Waals surface area contributed by atoms with E-state index in [1.54, 1.807) is 31.8 Å². The molecular weight excluding hydrogens is 382 g/mol. The Balaban J connectivity index is 1.65. The minimum Gasteiger partial charge on any atom is -0.497 e. The molecule has 1 aromatic carbocycles. The second kappa shape index (κ2) is 9.03. The zero-order chi connectivity index (χ0) is 20.1. The second-order valence-corrected chi connectivity index (χ2v) is 7.83. The van der Waals surface area contributed by atoms with Gasteiger partial charge in [-0.3, -0.25) is 9.88 Å². The van der Waals surface area contributed by atoms with Crippen molar-refractivity contribution in [2.75, 3.05) is 14.2 Å². The second-order valence-electron chi connectivity index (χ2n) is 6.80. The van der Waals surface area contributed by atoms with Gasteiger partial charge in [0.2, 0.25) is 5.88 Å². The summed E-state index contributed by atoms with van der Waals surface area (Å²) in [5.74, 6) is 1.43. The van der Waals surface area contributed by atoms with E-state index in [4.69, 9.17) is 14.5 Å². The average Bonchev–Trinajstić information content (AvgIpc) is 3.26. The van der Waals surface area contributed by atoms with Crippen molar-refractivity contribution in [1.82, 2.24) is 14.9 Å². The van der Waals surface area contributed by atoms with Crippen molar-refractivity contribution >= 4 is 22.2 Å². The van der Waals surface area contributed by atoms with Crippen LogP contribution in [0.3, 0.4) is 0 Å². The topological polar surface area (TPSA) is 47.5 Å². The van der Waals surface area contributed by atoms with Gasteiger partial charge in [0.05, 0.1) is 19.7 Å². The van der Waals surface area contributed by atoms with E-state index in [9.17, 15) is 0 Å². The molecule has 6 heteroatoms. The Morgan fingerprint density at radius 1 is 0.966 bits per heavy atom. The fourth-order valence-electron chi connectivity index (χ4n) is 3.37. The fraction of sp³-hybridized carbons (Fsp3) is 0.217. The van der Waals surface area contributed by atoms with E-state index in [0.717, 1.165) is 41.9 Å². The number of nitrogens with zero attached hydrogens (tertiary/aromatic N) is 3. The number of rotatable bonds is 8. The summed E-state index contributed by atoms with van der Waals surface area (Å²) < 4.78 is 10.9. The van der Waals surface area contributed by atoms with Gasteiger partial charge >= 0.3 is 0 Å². The number of methoxy groups -OCH3 is 2. The lowest BCUT2D eigenvalue weighted by atomic mass is 10.1. The Morgan fingerprint density at radius 2 is 1.90 bits per heavy atom. The highest BCUT2D eigenvalue weighted by molar-refractivity contribution is 7.09. The van der Waals surface area contributed by atoms with Crippen LogP contribution in [0.25, 0.3) is 10.9 Å². The molecule has 5 nitrogen and oxygen atoms in total. The SMILES string of the molecule is COc1ccc2cc(CN(Cc3cccnc3)Cc3cccs3)c(OC)nc2c1. The Labute approximate surface area is 174 Å². The Hall–Kier alpha value is -2.96. The standard InChI is InChI=1S/C23H23N3O2S/c1-27-20-8-7-18-11-19(23(28-2)25-22(18)12-20)15-26(16-21-6-4-10-29-21)14-17-5-3-9-24-13-17/h3-13H,14-16H2,1-2H3. The smallest absolute Gasteiger partial charge is 0.218 e. The van der Waals surface area contributed by atoms with Crippen LogP contribution in [0.5, 0.6) is 11.6 Å². The van der Waals surface area contributed by atoms with Gasteiger partial charge in [-0.05, 0) is 41.3 Å². The van der Waals surface area contributed by atoms with Crippen molar-refractivity contribution in [1.29, 1.82) is 0 Å². The molecular formula is C23H23N3O2S. The molecule has 0 saturated carbocycles. The lowest BCUT2D eigenvalue weighted by Gasteiger charge is -2.23. The summed E-state index contributed by atoms with van der Waals surface area (Å²) in [4.78, 5) is 12.7. The summed E-state index contributed by atoms with van der Waals surface area (Å²) in [5, 5.41) is 3.18. The first-order chi connectivity index (χ1) is 14.2. The highest BCUT2D eigenvalue weighted by Crippen LogP contribution is 2.27. The number of aromatic nitrogens is 2. The molecule has 0 atom stereocenters. The maximum atomic E-state index is 5.62. The fourth-order valence-corrected chi connectivity index (χ4v) is 4.12. The van der Waals surface area contributed by atoms with E-state index in [1.165, 1.54) is 10.4 Å². The Morgan fingerprint density at radius 3 is 2.62 bits per heavy atom. The first-order valence-corrected chi connectivity index (χ1v) is 10.3. The number of hydrogen-bond acceptors (Lipinski definition) is 6. The minimum atomic E-state index is 0.646. The van der Waals surface area contributed by atoms with Crippen LogP contribution in [-0.4, -0.2) is 29.1 Å². The van der Waals surface area contributed by atoms with E-state index in [-0.39, 0.29) is 0 Å². The van der Waals surface area contributed by atoms with Crippen LogP contribution >= 0.6 is 11.3 Å². The van der Waals surface area contributed by atoms with Crippen molar-refractivity contribution in [2.45, 2.75) is 19.6 Å². The summed E-state index contributed by atoms with van der Waals surface area (Å²) in [7, 11) is 3.33. The molecule has 0 aliphatic carbocycles. The van der Waals surface area contributed by atoms with Crippen LogP contribution in [0.4, 0.5) is 0 Å². The van der Waals surface area contributed by atoms with E-state index >= 15 is 0 Å². The minimum absolute atomic E-state index is 0.646. The molecule has 0 aliphatic heterocycles. The zero-order valence-corrected chi connectivity index (χ0v) is 17.4. The molecule has 4 aromatic rings. The summed E-state index contributed by atoms with van der Waals surface area (Å²) in [5.41, 5.74) is 3.11. The first-order valence-electron chi connectivity index (χ1n) is 9.40. The molecule has 0 amide bonds. The van der Waals surface area contributed by atoms with Crippen LogP contribution in [0.15, 0.2) is 66.3 Å². The monoisotopic (exact) mass is 405 g/mol. The van der Waals surface area contributed by atoms with Gasteiger partial charge in [0.25, 0.3) is 0 Å². The van der Waals surface area contributed by atoms with Crippen LogP contribution in [-0.2, 0) is 19.6 Å². The van der Waals surface area contributed by atoms with E-state index < -0.39 is 0 Å². The van der Waals surface area contributed by atoms with Crippen LogP contribution in [0.2, 0.25) is 0 Å². The lowest BCUT2D eigenvalue weighted by molar-refractivity contribution is 0.244. The summed E-state index contributed by atoms with van der Waals surface area (Å²) in [6.07, 6.45) is 3.72. The molecule has 0 aliphatic rings. The Bertz CT molecular complexity index is 1070. The third-order valence-corrected chi connectivity index (χ3v) is 5.60. The van der Waals surface area contributed by atoms with Gasteiger partial charge in [0, 0.05) is 53.9 Å². The van der Waals surface area contributed by atoms with Crippen LogP contribution in [0, 0.1) is 0 Å². The number of benzene rings is 1. The average molecular weight is 406 g/mol. The lowest BCUT2D eigenvalue weighted by Crippen LogP contribution is -2.22. The maximum absolute atomic E-state index is 5.62. The van der Waals surface area contributed by atoms with E-state index in [2.05, 4.69) is 39.5 Å². The quantitative estimate of drug-likeness (QED) is 0.417. The van der Waals surface area contributed by atoms with Gasteiger partial charge in [-0.15, -0.1) is 11.3 Å². The van der Waals surface area contributed by atoms with Gasteiger partial charge in [0.15, 0.2) is 0 Å². The molecule has 3 heterocycles. The molecule has 0 N–H and O–H groups in total. The molecule has 4 rings (SSSR count). The van der Waals surface area contributed by atoms with Gasteiger partial charge in [0.1, 0.15) is 5.75 Å². The molecule has 0 spiro atoms. The van der Waals surface area contributed by atoms with Gasteiger partial charge in [-0.2, -0.15) is 0 Å². The molecule has 0 radical (unpaired) electrons. The normalized spacial score (nSPS) is 11.1. The largest absolute Gasteiger partial charge is 0.497 e. The summed E-state index contributed by atoms with van der Waals surface area (Å²) in [6, 6.07) is 16.4. The Kier molecular flexibility index (Phi) is 6.03. The van der Waals surface area contributed by atoms with Crippen LogP contribution < -0.4 is 9.47 Å². The first kappa shape index (κ1) is 19.4. The molecule has 0 bridgehead atoms. The number of ether oxygens (including phenoxy) is 2. The van der Waals surface area contributed by atoms with E-state index in [0.29, 0.717) is 5.88 Å². The summed E-state index contributed by atoms with van der Waals surface area (Å²) >= 11 is 1.77. The van der Waals surface area contributed by atoms with E-state index in [1.807, 2.05) is 30.5 Å². The predicted octanol–water partition coefficient (Wildman–Crippen LogP) is 4.91. The van der Waals surface area contributed by atoms with Crippen molar-refractivity contribution < 1.29 is 9.47 Å². The summed E-state index contributed by atoms with van der Waals surface area (Å²) in [6.45, 7) is 2.39. The number of fused-ring (bicyclic) bond motifs is 1. The zero-order valence-electron chi connectivity index (χ0n) is 16.5. The van der Waals surface area contributed by atoms with Crippen molar-refractivity contribution in [3.63, 3.8) is 0 Å². The third-order valence-electron chi connectivity index (χ3n) is 4.74. The molecule has 0 unspecified atom stereocenters. The van der Waals surface area contributed by atoms with Crippen molar-refractivity contribution in [3.05, 3.63) is 82.3 Å². The number of pyridine rings is 2. The van der Waals surface area contributed by atoms with Crippen molar-refractivity contribution in [2.24, 2.45) is 0 Å². The maximum Gasteiger partial charge on any atom is 0.218 e. The third kappa shape index (κ3) is 4.72. The number of hydrogen-bond donors (Lipinski definition) is 0. The van der Waals surface area contributed by atoms with Gasteiger partial charge < -0.3 is 9.47 Å². The van der Waals surface area contributed by atoms with Gasteiger partial charge in [-0.1, -0.05) is 12.1 Å². The van der Waals surface area contributed by atoms with Gasteiger partial charge in [-0.25, -0.2) is 4.98 Å². The molecule has 29 heavy (non-hydrogen) atoms. The molecule has 0 saturated heterocycles.